The third-order valence-corrected chi connectivity index (χ3v) is 5.79. The maximum atomic E-state index is 11.7. The van der Waals surface area contributed by atoms with Gasteiger partial charge in [-0.05, 0) is 12.0 Å². The molecule has 0 radical (unpaired) electrons. The molecule has 0 aliphatic heterocycles. The van der Waals surface area contributed by atoms with E-state index in [-0.39, 0.29) is 0 Å². The highest BCUT2D eigenvalue weighted by molar-refractivity contribution is 7.52. The third kappa shape index (κ3) is 9.30. The Hall–Kier alpha value is -0.630. The van der Waals surface area contributed by atoms with E-state index in [9.17, 15) is 14.4 Å². The lowest BCUT2D eigenvalue weighted by molar-refractivity contribution is 0.353. The zero-order valence-electron chi connectivity index (χ0n) is 14.5. The predicted octanol–water partition coefficient (Wildman–Crippen LogP) is 6.22. The monoisotopic (exact) mass is 340 g/mol. The Labute approximate surface area is 141 Å². The van der Waals surface area contributed by atoms with Gasteiger partial charge in [-0.15, -0.1) is 0 Å². The van der Waals surface area contributed by atoms with E-state index in [1.54, 1.807) is 0 Å². The molecule has 0 fully saturated rings. The first kappa shape index (κ1) is 20.4. The van der Waals surface area contributed by atoms with Gasteiger partial charge in [0.15, 0.2) is 0 Å². The van der Waals surface area contributed by atoms with Crippen molar-refractivity contribution in [2.24, 2.45) is 0 Å². The summed E-state index contributed by atoms with van der Waals surface area (Å²) in [5.41, 5.74) is 0.120. The van der Waals surface area contributed by atoms with E-state index in [4.69, 9.17) is 0 Å². The molecule has 0 amide bonds. The SMILES string of the molecule is CCCCCCCCCCCCC(c1ccccc1)P(=O)(O)O. The van der Waals surface area contributed by atoms with Gasteiger partial charge in [-0.2, -0.15) is 0 Å². The summed E-state index contributed by atoms with van der Waals surface area (Å²) in [5.74, 6) is 0. The minimum absolute atomic E-state index is 0.574. The maximum Gasteiger partial charge on any atom is 0.332 e. The van der Waals surface area contributed by atoms with Gasteiger partial charge in [0, 0.05) is 0 Å². The van der Waals surface area contributed by atoms with Crippen molar-refractivity contribution in [2.75, 3.05) is 0 Å². The number of benzene rings is 1. The number of rotatable bonds is 13. The average molecular weight is 340 g/mol. The van der Waals surface area contributed by atoms with Crippen LogP contribution in [0.25, 0.3) is 0 Å². The highest BCUT2D eigenvalue weighted by Gasteiger charge is 2.29. The first-order chi connectivity index (χ1) is 11.1. The Bertz CT molecular complexity index is 441. The molecule has 0 aliphatic carbocycles. The summed E-state index contributed by atoms with van der Waals surface area (Å²) in [6.45, 7) is 2.24. The van der Waals surface area contributed by atoms with Gasteiger partial charge in [-0.25, -0.2) is 0 Å². The first-order valence-corrected chi connectivity index (χ1v) is 10.8. The van der Waals surface area contributed by atoms with Crippen LogP contribution in [0.4, 0.5) is 0 Å². The summed E-state index contributed by atoms with van der Waals surface area (Å²) in [6.07, 6.45) is 12.9. The van der Waals surface area contributed by atoms with Crippen molar-refractivity contribution < 1.29 is 14.4 Å². The second-order valence-corrected chi connectivity index (χ2v) is 8.29. The third-order valence-electron chi connectivity index (χ3n) is 4.42. The van der Waals surface area contributed by atoms with Crippen LogP contribution in [-0.2, 0) is 4.57 Å². The lowest BCUT2D eigenvalue weighted by Gasteiger charge is -2.18. The number of hydrogen-bond acceptors (Lipinski definition) is 1. The van der Waals surface area contributed by atoms with Crippen LogP contribution in [0.2, 0.25) is 0 Å². The van der Waals surface area contributed by atoms with E-state index in [1.807, 2.05) is 30.3 Å². The molecule has 0 saturated carbocycles. The molecule has 1 atom stereocenters. The van der Waals surface area contributed by atoms with Gasteiger partial charge in [-0.1, -0.05) is 101 Å². The Kier molecular flexibility index (Phi) is 10.5. The van der Waals surface area contributed by atoms with Crippen molar-refractivity contribution >= 4 is 7.60 Å². The Morgan fingerprint density at radius 1 is 0.826 bits per heavy atom. The smallest absolute Gasteiger partial charge is 0.324 e. The molecule has 0 spiro atoms. The van der Waals surface area contributed by atoms with Crippen LogP contribution in [0.5, 0.6) is 0 Å². The minimum Gasteiger partial charge on any atom is -0.324 e. The maximum absolute atomic E-state index is 11.7. The fraction of sp³-hybridized carbons (Fsp3) is 0.684. The van der Waals surface area contributed by atoms with Crippen LogP contribution in [-0.4, -0.2) is 9.79 Å². The highest BCUT2D eigenvalue weighted by Crippen LogP contribution is 2.54. The lowest BCUT2D eigenvalue weighted by Crippen LogP contribution is -2.00. The van der Waals surface area contributed by atoms with E-state index >= 15 is 0 Å². The van der Waals surface area contributed by atoms with Gasteiger partial charge in [0.25, 0.3) is 0 Å². The molecule has 0 aliphatic rings. The van der Waals surface area contributed by atoms with Crippen LogP contribution in [0.3, 0.4) is 0 Å². The largest absolute Gasteiger partial charge is 0.332 e. The van der Waals surface area contributed by atoms with Gasteiger partial charge >= 0.3 is 7.60 Å². The van der Waals surface area contributed by atoms with Gasteiger partial charge in [0.05, 0.1) is 5.66 Å². The normalized spacial score (nSPS) is 13.2. The van der Waals surface area contributed by atoms with Crippen molar-refractivity contribution in [3.8, 4) is 0 Å². The van der Waals surface area contributed by atoms with Crippen molar-refractivity contribution in [3.05, 3.63) is 35.9 Å². The van der Waals surface area contributed by atoms with Crippen molar-refractivity contribution in [1.29, 1.82) is 0 Å². The quantitative estimate of drug-likeness (QED) is 0.331. The minimum atomic E-state index is -4.07. The molecular weight excluding hydrogens is 307 g/mol. The van der Waals surface area contributed by atoms with Gasteiger partial charge in [0.1, 0.15) is 0 Å². The molecule has 0 bridgehead atoms. The van der Waals surface area contributed by atoms with Gasteiger partial charge in [-0.3, -0.25) is 4.57 Å². The summed E-state index contributed by atoms with van der Waals surface area (Å²) in [7, 11) is -4.07. The summed E-state index contributed by atoms with van der Waals surface area (Å²) in [4.78, 5) is 19.2. The zero-order chi connectivity index (χ0) is 17.0. The molecule has 3 nitrogen and oxygen atoms in total. The van der Waals surface area contributed by atoms with Crippen molar-refractivity contribution in [3.63, 3.8) is 0 Å². The molecule has 0 saturated heterocycles. The summed E-state index contributed by atoms with van der Waals surface area (Å²) in [6, 6.07) is 9.20. The Morgan fingerprint density at radius 3 is 1.78 bits per heavy atom. The van der Waals surface area contributed by atoms with E-state index in [1.165, 1.54) is 51.4 Å². The summed E-state index contributed by atoms with van der Waals surface area (Å²) < 4.78 is 11.7. The first-order valence-electron chi connectivity index (χ1n) is 9.16. The Morgan fingerprint density at radius 2 is 1.30 bits per heavy atom. The van der Waals surface area contributed by atoms with Crippen LogP contribution < -0.4 is 0 Å². The highest BCUT2D eigenvalue weighted by atomic mass is 31.2. The molecule has 132 valence electrons. The second-order valence-electron chi connectivity index (χ2n) is 6.49. The molecule has 1 aromatic carbocycles. The fourth-order valence-electron chi connectivity index (χ4n) is 3.03. The van der Waals surface area contributed by atoms with Gasteiger partial charge < -0.3 is 9.79 Å². The topological polar surface area (TPSA) is 57.5 Å². The van der Waals surface area contributed by atoms with Gasteiger partial charge in [0.2, 0.25) is 0 Å². The summed E-state index contributed by atoms with van der Waals surface area (Å²) in [5, 5.41) is 0. The van der Waals surface area contributed by atoms with E-state index in [0.29, 0.717) is 6.42 Å². The number of unbranched alkanes of at least 4 members (excludes halogenated alkanes) is 9. The summed E-state index contributed by atoms with van der Waals surface area (Å²) >= 11 is 0. The predicted molar refractivity (Wildman–Crippen MR) is 97.7 cm³/mol. The molecule has 0 heterocycles. The molecule has 1 unspecified atom stereocenters. The molecule has 1 aromatic rings. The van der Waals surface area contributed by atoms with Crippen LogP contribution in [0, 0.1) is 0 Å². The van der Waals surface area contributed by atoms with Crippen molar-refractivity contribution in [2.45, 2.75) is 83.2 Å². The second kappa shape index (κ2) is 11.8. The molecule has 23 heavy (non-hydrogen) atoms. The lowest BCUT2D eigenvalue weighted by atomic mass is 10.0. The standard InChI is InChI=1S/C19H33O3P/c1-2-3-4-5-6-7-8-9-10-14-17-19(23(20,21)22)18-15-12-11-13-16-18/h11-13,15-16,19H,2-10,14,17H2,1H3,(H2,20,21,22). The molecule has 2 N–H and O–H groups in total. The average Bonchev–Trinajstić information content (AvgIpc) is 2.52. The fourth-order valence-corrected chi connectivity index (χ4v) is 4.11. The molecule has 0 aromatic heterocycles. The van der Waals surface area contributed by atoms with Crippen LogP contribution >= 0.6 is 7.60 Å². The van der Waals surface area contributed by atoms with Crippen LogP contribution in [0.15, 0.2) is 30.3 Å². The van der Waals surface area contributed by atoms with Crippen molar-refractivity contribution in [1.82, 2.24) is 0 Å². The zero-order valence-corrected chi connectivity index (χ0v) is 15.4. The van der Waals surface area contributed by atoms with E-state index < -0.39 is 13.3 Å². The van der Waals surface area contributed by atoms with Crippen LogP contribution in [0.1, 0.15) is 88.8 Å². The molecule has 1 rings (SSSR count). The Balaban J connectivity index is 2.18. The number of hydrogen-bond donors (Lipinski definition) is 2. The van der Waals surface area contributed by atoms with E-state index in [2.05, 4.69) is 6.92 Å². The van der Waals surface area contributed by atoms with E-state index in [0.717, 1.165) is 18.4 Å². The molecular formula is C19H33O3P. The molecule has 4 heteroatoms.